The highest BCUT2D eigenvalue weighted by atomic mass is 32.1. The summed E-state index contributed by atoms with van der Waals surface area (Å²) in [5, 5.41) is 1.99. The molecule has 0 spiro atoms. The molecule has 1 aromatic carbocycles. The SMILES string of the molecule is CCCCCCCCCC(=O)N(CC(=O)N(Cc1ccc(F)cc1)Cc1cccs1)C[C@H]1CCCO1. The summed E-state index contributed by atoms with van der Waals surface area (Å²) in [6.07, 6.45) is 10.4. The molecule has 198 valence electrons. The van der Waals surface area contributed by atoms with E-state index in [9.17, 15) is 14.0 Å². The van der Waals surface area contributed by atoms with Crippen molar-refractivity contribution in [3.05, 3.63) is 58.0 Å². The molecule has 2 aromatic rings. The minimum Gasteiger partial charge on any atom is -0.376 e. The molecule has 1 fully saturated rings. The van der Waals surface area contributed by atoms with E-state index in [4.69, 9.17) is 4.74 Å². The van der Waals surface area contributed by atoms with Crippen LogP contribution >= 0.6 is 11.3 Å². The zero-order valence-corrected chi connectivity index (χ0v) is 22.4. The summed E-state index contributed by atoms with van der Waals surface area (Å²) < 4.78 is 19.2. The third-order valence-corrected chi connectivity index (χ3v) is 7.55. The Balaban J connectivity index is 1.61. The average Bonchev–Trinajstić information content (AvgIpc) is 3.58. The topological polar surface area (TPSA) is 49.9 Å². The standard InChI is InChI=1S/C29H41FN2O3S/c1-2-3-4-5-6-7-8-13-28(33)32(21-26-11-9-18-35-26)23-29(34)31(22-27-12-10-19-36-27)20-24-14-16-25(30)17-15-24/h10,12,14-17,19,26H,2-9,11,13,18,20-23H2,1H3/t26-/m1/s1. The van der Waals surface area contributed by atoms with E-state index in [0.29, 0.717) is 32.7 Å². The highest BCUT2D eigenvalue weighted by molar-refractivity contribution is 7.09. The van der Waals surface area contributed by atoms with E-state index in [1.165, 1.54) is 37.8 Å². The Kier molecular flexibility index (Phi) is 12.4. The van der Waals surface area contributed by atoms with Crippen molar-refractivity contribution in [1.29, 1.82) is 0 Å². The minimum absolute atomic E-state index is 0.00126. The van der Waals surface area contributed by atoms with E-state index < -0.39 is 0 Å². The molecule has 0 saturated carbocycles. The fourth-order valence-corrected chi connectivity index (χ4v) is 5.30. The normalized spacial score (nSPS) is 15.2. The molecule has 7 heteroatoms. The second-order valence-corrected chi connectivity index (χ2v) is 10.8. The van der Waals surface area contributed by atoms with Gasteiger partial charge in [0.1, 0.15) is 5.82 Å². The van der Waals surface area contributed by atoms with E-state index in [1.54, 1.807) is 33.3 Å². The molecular formula is C29H41FN2O3S. The fourth-order valence-electron chi connectivity index (χ4n) is 4.58. The first kappa shape index (κ1) is 28.3. The second kappa shape index (κ2) is 15.8. The average molecular weight is 517 g/mol. The molecule has 0 unspecified atom stereocenters. The number of benzene rings is 1. The van der Waals surface area contributed by atoms with Gasteiger partial charge in [0.05, 0.1) is 19.2 Å². The van der Waals surface area contributed by atoms with Gasteiger partial charge in [-0.3, -0.25) is 9.59 Å². The van der Waals surface area contributed by atoms with Gasteiger partial charge in [-0.15, -0.1) is 11.3 Å². The van der Waals surface area contributed by atoms with Crippen molar-refractivity contribution in [3.8, 4) is 0 Å². The fraction of sp³-hybridized carbons (Fsp3) is 0.586. The lowest BCUT2D eigenvalue weighted by atomic mass is 10.1. The number of halogens is 1. The molecule has 0 radical (unpaired) electrons. The summed E-state index contributed by atoms with van der Waals surface area (Å²) in [5.41, 5.74) is 0.862. The third-order valence-electron chi connectivity index (χ3n) is 6.69. The van der Waals surface area contributed by atoms with Crippen LogP contribution in [0.1, 0.15) is 81.6 Å². The molecule has 2 amide bonds. The van der Waals surface area contributed by atoms with E-state index in [-0.39, 0.29) is 30.3 Å². The van der Waals surface area contributed by atoms with Crippen LogP contribution in [0.5, 0.6) is 0 Å². The summed E-state index contributed by atoms with van der Waals surface area (Å²) in [5.74, 6) is -0.363. The summed E-state index contributed by atoms with van der Waals surface area (Å²) in [6.45, 7) is 4.27. The third kappa shape index (κ3) is 10.0. The molecule has 1 aromatic heterocycles. The second-order valence-electron chi connectivity index (χ2n) is 9.74. The van der Waals surface area contributed by atoms with Crippen LogP contribution in [0.3, 0.4) is 0 Å². The first-order valence-electron chi connectivity index (χ1n) is 13.5. The molecule has 1 aliphatic heterocycles. The smallest absolute Gasteiger partial charge is 0.242 e. The maximum atomic E-state index is 13.5. The van der Waals surface area contributed by atoms with Crippen molar-refractivity contribution in [3.63, 3.8) is 0 Å². The van der Waals surface area contributed by atoms with Gasteiger partial charge >= 0.3 is 0 Å². The van der Waals surface area contributed by atoms with Gasteiger partial charge in [0.25, 0.3) is 0 Å². The molecule has 3 rings (SSSR count). The van der Waals surface area contributed by atoms with Crippen LogP contribution in [0, 0.1) is 5.82 Å². The first-order chi connectivity index (χ1) is 17.5. The number of amides is 2. The maximum Gasteiger partial charge on any atom is 0.242 e. The molecule has 0 N–H and O–H groups in total. The molecule has 5 nitrogen and oxygen atoms in total. The molecule has 1 saturated heterocycles. The van der Waals surface area contributed by atoms with Gasteiger partial charge < -0.3 is 14.5 Å². The van der Waals surface area contributed by atoms with Crippen LogP contribution in [-0.4, -0.2) is 47.4 Å². The Hall–Kier alpha value is -2.25. The van der Waals surface area contributed by atoms with Gasteiger partial charge in [0.15, 0.2) is 0 Å². The Labute approximate surface area is 219 Å². The molecule has 1 aliphatic rings. The monoisotopic (exact) mass is 516 g/mol. The molecular weight excluding hydrogens is 475 g/mol. The summed E-state index contributed by atoms with van der Waals surface area (Å²) in [7, 11) is 0. The predicted octanol–water partition coefficient (Wildman–Crippen LogP) is 6.56. The van der Waals surface area contributed by atoms with Crippen molar-refractivity contribution in [2.24, 2.45) is 0 Å². The largest absolute Gasteiger partial charge is 0.376 e. The number of carbonyl (C=O) groups excluding carboxylic acids is 2. The number of hydrogen-bond donors (Lipinski definition) is 0. The van der Waals surface area contributed by atoms with Crippen molar-refractivity contribution < 1.29 is 18.7 Å². The van der Waals surface area contributed by atoms with Crippen molar-refractivity contribution in [1.82, 2.24) is 9.80 Å². The van der Waals surface area contributed by atoms with E-state index in [2.05, 4.69) is 6.92 Å². The maximum absolute atomic E-state index is 13.5. The Bertz CT molecular complexity index is 898. The molecule has 2 heterocycles. The van der Waals surface area contributed by atoms with Crippen LogP contribution in [0.25, 0.3) is 0 Å². The lowest BCUT2D eigenvalue weighted by Gasteiger charge is -2.29. The first-order valence-corrected chi connectivity index (χ1v) is 14.4. The lowest BCUT2D eigenvalue weighted by molar-refractivity contribution is -0.142. The number of ether oxygens (including phenoxy) is 1. The molecule has 1 atom stereocenters. The van der Waals surface area contributed by atoms with Gasteiger partial charge in [-0.25, -0.2) is 4.39 Å². The van der Waals surface area contributed by atoms with Crippen LogP contribution in [0.15, 0.2) is 41.8 Å². The van der Waals surface area contributed by atoms with E-state index in [0.717, 1.165) is 42.5 Å². The number of rotatable bonds is 16. The van der Waals surface area contributed by atoms with Crippen LogP contribution < -0.4 is 0 Å². The van der Waals surface area contributed by atoms with Crippen LogP contribution in [-0.2, 0) is 27.4 Å². The van der Waals surface area contributed by atoms with Crippen LogP contribution in [0.4, 0.5) is 4.39 Å². The Morgan fingerprint density at radius 2 is 1.72 bits per heavy atom. The number of hydrogen-bond acceptors (Lipinski definition) is 4. The van der Waals surface area contributed by atoms with Gasteiger partial charge in [-0.1, -0.05) is 63.6 Å². The highest BCUT2D eigenvalue weighted by Gasteiger charge is 2.26. The minimum atomic E-state index is -0.298. The van der Waals surface area contributed by atoms with Crippen molar-refractivity contribution in [2.45, 2.75) is 90.3 Å². The number of thiophene rings is 1. The number of nitrogens with zero attached hydrogens (tertiary/aromatic N) is 2. The van der Waals surface area contributed by atoms with Gasteiger partial charge in [-0.05, 0) is 48.4 Å². The number of unbranched alkanes of at least 4 members (excludes halogenated alkanes) is 6. The Morgan fingerprint density at radius 3 is 2.39 bits per heavy atom. The van der Waals surface area contributed by atoms with Crippen molar-refractivity contribution >= 4 is 23.2 Å². The quantitative estimate of drug-likeness (QED) is 0.237. The van der Waals surface area contributed by atoms with E-state index in [1.807, 2.05) is 17.5 Å². The predicted molar refractivity (Wildman–Crippen MR) is 143 cm³/mol. The van der Waals surface area contributed by atoms with Crippen LogP contribution in [0.2, 0.25) is 0 Å². The molecule has 36 heavy (non-hydrogen) atoms. The van der Waals surface area contributed by atoms with Gasteiger partial charge in [-0.2, -0.15) is 0 Å². The summed E-state index contributed by atoms with van der Waals surface area (Å²) >= 11 is 1.60. The lowest BCUT2D eigenvalue weighted by Crippen LogP contribution is -2.45. The zero-order chi connectivity index (χ0) is 25.6. The van der Waals surface area contributed by atoms with Gasteiger partial charge in [0, 0.05) is 31.0 Å². The molecule has 0 bridgehead atoms. The number of carbonyl (C=O) groups is 2. The zero-order valence-electron chi connectivity index (χ0n) is 21.6. The highest BCUT2D eigenvalue weighted by Crippen LogP contribution is 2.18. The summed E-state index contributed by atoms with van der Waals surface area (Å²) in [4.78, 5) is 31.3. The summed E-state index contributed by atoms with van der Waals surface area (Å²) in [6, 6.07) is 10.2. The van der Waals surface area contributed by atoms with E-state index >= 15 is 0 Å². The van der Waals surface area contributed by atoms with Crippen molar-refractivity contribution in [2.75, 3.05) is 19.7 Å². The Morgan fingerprint density at radius 1 is 0.972 bits per heavy atom. The van der Waals surface area contributed by atoms with Gasteiger partial charge in [0.2, 0.25) is 11.8 Å². The molecule has 0 aliphatic carbocycles.